The molecule has 6 heteroatoms. The number of aliphatic hydroxyl groups is 2. The van der Waals surface area contributed by atoms with Crippen LogP contribution >= 0.6 is 23.2 Å². The number of hydrogen-bond donors (Lipinski definition) is 3. The van der Waals surface area contributed by atoms with Crippen LogP contribution < -0.4 is 10.1 Å². The molecular formula is C15H21Cl2NO3. The van der Waals surface area contributed by atoms with Gasteiger partial charge in [-0.05, 0) is 24.6 Å². The minimum atomic E-state index is -0.648. The van der Waals surface area contributed by atoms with Gasteiger partial charge in [-0.1, -0.05) is 37.0 Å². The van der Waals surface area contributed by atoms with Gasteiger partial charge in [0.05, 0.1) is 11.1 Å². The van der Waals surface area contributed by atoms with Crippen LogP contribution in [0.3, 0.4) is 0 Å². The van der Waals surface area contributed by atoms with Gasteiger partial charge in [-0.15, -0.1) is 0 Å². The van der Waals surface area contributed by atoms with Gasteiger partial charge in [0.15, 0.2) is 0 Å². The number of rotatable bonds is 6. The van der Waals surface area contributed by atoms with Crippen molar-refractivity contribution in [1.29, 1.82) is 0 Å². The van der Waals surface area contributed by atoms with Crippen molar-refractivity contribution in [3.05, 3.63) is 28.2 Å². The van der Waals surface area contributed by atoms with Gasteiger partial charge in [0.1, 0.15) is 18.5 Å². The lowest BCUT2D eigenvalue weighted by atomic mass is 9.64. The predicted octanol–water partition coefficient (Wildman–Crippen LogP) is 2.48. The Kier molecular flexibility index (Phi) is 5.38. The molecule has 118 valence electrons. The zero-order valence-electron chi connectivity index (χ0n) is 12.1. The summed E-state index contributed by atoms with van der Waals surface area (Å²) >= 11 is 11.8. The SMILES string of the molecule is CC1(C)C(O)CC1NCC(O)COc1ccc(Cl)cc1Cl. The van der Waals surface area contributed by atoms with Crippen molar-refractivity contribution in [2.24, 2.45) is 5.41 Å². The predicted molar refractivity (Wildman–Crippen MR) is 84.2 cm³/mol. The molecule has 21 heavy (non-hydrogen) atoms. The van der Waals surface area contributed by atoms with E-state index in [1.165, 1.54) is 0 Å². The highest BCUT2D eigenvalue weighted by Crippen LogP contribution is 2.40. The van der Waals surface area contributed by atoms with E-state index in [2.05, 4.69) is 5.32 Å². The molecule has 1 saturated carbocycles. The van der Waals surface area contributed by atoms with Crippen molar-refractivity contribution in [2.45, 2.75) is 38.5 Å². The lowest BCUT2D eigenvalue weighted by molar-refractivity contribution is -0.0755. The molecule has 2 rings (SSSR count). The number of benzene rings is 1. The molecule has 0 saturated heterocycles. The van der Waals surface area contributed by atoms with Gasteiger partial charge < -0.3 is 20.3 Å². The molecule has 3 atom stereocenters. The van der Waals surface area contributed by atoms with Gasteiger partial charge in [0.25, 0.3) is 0 Å². The number of hydrogen-bond acceptors (Lipinski definition) is 4. The Hall–Kier alpha value is -0.520. The third-order valence-electron chi connectivity index (χ3n) is 4.14. The first kappa shape index (κ1) is 16.8. The molecule has 4 nitrogen and oxygen atoms in total. The van der Waals surface area contributed by atoms with Crippen LogP contribution in [0.5, 0.6) is 5.75 Å². The minimum Gasteiger partial charge on any atom is -0.489 e. The van der Waals surface area contributed by atoms with Crippen LogP contribution in [0.15, 0.2) is 18.2 Å². The smallest absolute Gasteiger partial charge is 0.138 e. The number of halogens is 2. The molecule has 1 aromatic rings. The Bertz CT molecular complexity index is 496. The van der Waals surface area contributed by atoms with E-state index in [0.717, 1.165) is 0 Å². The van der Waals surface area contributed by atoms with Gasteiger partial charge in [-0.3, -0.25) is 0 Å². The van der Waals surface area contributed by atoms with E-state index in [1.54, 1.807) is 18.2 Å². The van der Waals surface area contributed by atoms with Crippen LogP contribution in [-0.4, -0.2) is 41.6 Å². The Balaban J connectivity index is 1.74. The first-order valence-electron chi connectivity index (χ1n) is 6.98. The molecule has 0 spiro atoms. The zero-order valence-corrected chi connectivity index (χ0v) is 13.7. The van der Waals surface area contributed by atoms with Crippen molar-refractivity contribution >= 4 is 23.2 Å². The van der Waals surface area contributed by atoms with Gasteiger partial charge >= 0.3 is 0 Å². The highest BCUT2D eigenvalue weighted by Gasteiger charge is 2.46. The average molecular weight is 334 g/mol. The quantitative estimate of drug-likeness (QED) is 0.748. The second kappa shape index (κ2) is 6.71. The summed E-state index contributed by atoms with van der Waals surface area (Å²) in [4.78, 5) is 0. The van der Waals surface area contributed by atoms with Crippen LogP contribution in [-0.2, 0) is 0 Å². The summed E-state index contributed by atoms with van der Waals surface area (Å²) in [5.41, 5.74) is -0.153. The summed E-state index contributed by atoms with van der Waals surface area (Å²) in [6.07, 6.45) is -0.217. The van der Waals surface area contributed by atoms with E-state index in [4.69, 9.17) is 27.9 Å². The van der Waals surface area contributed by atoms with E-state index in [0.29, 0.717) is 28.8 Å². The summed E-state index contributed by atoms with van der Waals surface area (Å²) in [6.45, 7) is 4.57. The fourth-order valence-corrected chi connectivity index (χ4v) is 2.83. The van der Waals surface area contributed by atoms with Crippen LogP contribution in [0, 0.1) is 5.41 Å². The summed E-state index contributed by atoms with van der Waals surface area (Å²) in [5.74, 6) is 0.500. The van der Waals surface area contributed by atoms with Gasteiger partial charge in [-0.2, -0.15) is 0 Å². The summed E-state index contributed by atoms with van der Waals surface area (Å²) in [6, 6.07) is 5.17. The van der Waals surface area contributed by atoms with Crippen molar-refractivity contribution in [1.82, 2.24) is 5.32 Å². The first-order valence-corrected chi connectivity index (χ1v) is 7.73. The summed E-state index contributed by atoms with van der Waals surface area (Å²) < 4.78 is 5.48. The van der Waals surface area contributed by atoms with Gasteiger partial charge in [0.2, 0.25) is 0 Å². The fourth-order valence-electron chi connectivity index (χ4n) is 2.36. The molecule has 1 aliphatic rings. The molecule has 1 fully saturated rings. The molecule has 1 aromatic carbocycles. The van der Waals surface area contributed by atoms with Crippen molar-refractivity contribution in [3.63, 3.8) is 0 Å². The lowest BCUT2D eigenvalue weighted by Gasteiger charge is -2.49. The second-order valence-electron chi connectivity index (χ2n) is 6.07. The molecule has 0 heterocycles. The van der Waals surface area contributed by atoms with Crippen molar-refractivity contribution in [2.75, 3.05) is 13.2 Å². The van der Waals surface area contributed by atoms with E-state index >= 15 is 0 Å². The Labute approximate surface area is 135 Å². The van der Waals surface area contributed by atoms with E-state index in [1.807, 2.05) is 13.8 Å². The molecule has 3 N–H and O–H groups in total. The molecular weight excluding hydrogens is 313 g/mol. The summed E-state index contributed by atoms with van der Waals surface area (Å²) in [7, 11) is 0. The van der Waals surface area contributed by atoms with Crippen LogP contribution in [0.25, 0.3) is 0 Å². The maximum Gasteiger partial charge on any atom is 0.138 e. The largest absolute Gasteiger partial charge is 0.489 e. The van der Waals surface area contributed by atoms with Gasteiger partial charge in [0, 0.05) is 23.0 Å². The second-order valence-corrected chi connectivity index (χ2v) is 6.92. The van der Waals surface area contributed by atoms with Gasteiger partial charge in [-0.25, -0.2) is 0 Å². The fraction of sp³-hybridized carbons (Fsp3) is 0.600. The third kappa shape index (κ3) is 4.02. The normalized spacial score (nSPS) is 25.2. The van der Waals surface area contributed by atoms with E-state index < -0.39 is 6.10 Å². The Morgan fingerprint density at radius 2 is 2.14 bits per heavy atom. The molecule has 0 bridgehead atoms. The number of nitrogens with one attached hydrogen (secondary N) is 1. The summed E-state index contributed by atoms with van der Waals surface area (Å²) in [5, 5.41) is 23.8. The topological polar surface area (TPSA) is 61.7 Å². The maximum absolute atomic E-state index is 9.94. The van der Waals surface area contributed by atoms with Crippen molar-refractivity contribution < 1.29 is 14.9 Å². The monoisotopic (exact) mass is 333 g/mol. The molecule has 0 aromatic heterocycles. The molecule has 3 unspecified atom stereocenters. The van der Waals surface area contributed by atoms with E-state index in [-0.39, 0.29) is 24.2 Å². The molecule has 0 amide bonds. The standard InChI is InChI=1S/C15H21Cl2NO3/c1-15(2)13(6-14(15)20)18-7-10(19)8-21-12-4-3-9(16)5-11(12)17/h3-5,10,13-14,18-20H,6-8H2,1-2H3. The zero-order chi connectivity index (χ0) is 15.6. The molecule has 0 aliphatic heterocycles. The van der Waals surface area contributed by atoms with Crippen molar-refractivity contribution in [3.8, 4) is 5.75 Å². The van der Waals surface area contributed by atoms with Crippen LogP contribution in [0.2, 0.25) is 10.0 Å². The highest BCUT2D eigenvalue weighted by molar-refractivity contribution is 6.35. The van der Waals surface area contributed by atoms with Crippen LogP contribution in [0.1, 0.15) is 20.3 Å². The van der Waals surface area contributed by atoms with Crippen LogP contribution in [0.4, 0.5) is 0 Å². The average Bonchev–Trinajstić information content (AvgIpc) is 2.42. The number of aliphatic hydroxyl groups excluding tert-OH is 2. The van der Waals surface area contributed by atoms with E-state index in [9.17, 15) is 10.2 Å². The molecule has 1 aliphatic carbocycles. The Morgan fingerprint density at radius 1 is 1.43 bits per heavy atom. The third-order valence-corrected chi connectivity index (χ3v) is 4.67. The minimum absolute atomic E-state index is 0.143. The maximum atomic E-state index is 9.94. The first-order chi connectivity index (χ1) is 9.80. The lowest BCUT2D eigenvalue weighted by Crippen LogP contribution is -2.61. The Morgan fingerprint density at radius 3 is 2.71 bits per heavy atom. The highest BCUT2D eigenvalue weighted by atomic mass is 35.5. The molecule has 0 radical (unpaired) electrons. The number of ether oxygens (including phenoxy) is 1.